The van der Waals surface area contributed by atoms with Gasteiger partial charge in [0.25, 0.3) is 0 Å². The van der Waals surface area contributed by atoms with Crippen LogP contribution in [0.15, 0.2) is 22.7 Å². The minimum absolute atomic E-state index is 0. The van der Waals surface area contributed by atoms with Crippen molar-refractivity contribution in [1.29, 1.82) is 0 Å². The van der Waals surface area contributed by atoms with E-state index in [1.807, 2.05) is 18.2 Å². The molecule has 1 aromatic rings. The standard InChI is InChI=1S/C14H19BrN2O2.ClH/c1-9-7-10(5-6-16-9)14(18)17-11-3-4-12(15)13(8-11)19-2;/h3-4,8-10,16H,5-7H2,1-2H3,(H,17,18);1H/t9-,10-;/m0./s1. The molecule has 0 radical (unpaired) electrons. The van der Waals surface area contributed by atoms with E-state index in [0.717, 1.165) is 35.3 Å². The number of methoxy groups -OCH3 is 1. The molecule has 1 aliphatic heterocycles. The monoisotopic (exact) mass is 362 g/mol. The highest BCUT2D eigenvalue weighted by atomic mass is 79.9. The van der Waals surface area contributed by atoms with Gasteiger partial charge in [-0.05, 0) is 54.4 Å². The highest BCUT2D eigenvalue weighted by Gasteiger charge is 2.24. The van der Waals surface area contributed by atoms with Crippen LogP contribution in [0.4, 0.5) is 5.69 Å². The number of ether oxygens (including phenoxy) is 1. The van der Waals surface area contributed by atoms with Gasteiger partial charge in [-0.2, -0.15) is 0 Å². The van der Waals surface area contributed by atoms with Crippen LogP contribution < -0.4 is 15.4 Å². The Morgan fingerprint density at radius 2 is 2.25 bits per heavy atom. The largest absolute Gasteiger partial charge is 0.495 e. The zero-order valence-electron chi connectivity index (χ0n) is 11.6. The Morgan fingerprint density at radius 1 is 1.50 bits per heavy atom. The van der Waals surface area contributed by atoms with Crippen LogP contribution in [-0.2, 0) is 4.79 Å². The third kappa shape index (κ3) is 4.36. The lowest BCUT2D eigenvalue weighted by Crippen LogP contribution is -2.40. The first-order chi connectivity index (χ1) is 9.10. The average Bonchev–Trinajstić information content (AvgIpc) is 2.41. The first-order valence-electron chi connectivity index (χ1n) is 6.48. The fraction of sp³-hybridized carbons (Fsp3) is 0.500. The van der Waals surface area contributed by atoms with Gasteiger partial charge in [0.15, 0.2) is 0 Å². The number of rotatable bonds is 3. The minimum atomic E-state index is 0. The number of nitrogens with one attached hydrogen (secondary N) is 2. The topological polar surface area (TPSA) is 50.4 Å². The van der Waals surface area contributed by atoms with E-state index in [1.54, 1.807) is 7.11 Å². The average molecular weight is 364 g/mol. The smallest absolute Gasteiger partial charge is 0.227 e. The summed E-state index contributed by atoms with van der Waals surface area (Å²) >= 11 is 3.40. The fourth-order valence-corrected chi connectivity index (χ4v) is 2.76. The molecule has 6 heteroatoms. The summed E-state index contributed by atoms with van der Waals surface area (Å²) in [6, 6.07) is 5.98. The van der Waals surface area contributed by atoms with Crippen LogP contribution in [0.5, 0.6) is 5.75 Å². The summed E-state index contributed by atoms with van der Waals surface area (Å²) in [7, 11) is 1.61. The third-order valence-corrected chi connectivity index (χ3v) is 4.07. The minimum Gasteiger partial charge on any atom is -0.495 e. The summed E-state index contributed by atoms with van der Waals surface area (Å²) in [6.07, 6.45) is 1.78. The van der Waals surface area contributed by atoms with Gasteiger partial charge in [0.2, 0.25) is 5.91 Å². The van der Waals surface area contributed by atoms with Crippen molar-refractivity contribution in [2.75, 3.05) is 19.0 Å². The molecule has 1 amide bonds. The van der Waals surface area contributed by atoms with Crippen molar-refractivity contribution in [3.8, 4) is 5.75 Å². The molecule has 20 heavy (non-hydrogen) atoms. The van der Waals surface area contributed by atoms with E-state index in [-0.39, 0.29) is 24.2 Å². The first kappa shape index (κ1) is 17.3. The quantitative estimate of drug-likeness (QED) is 0.867. The highest BCUT2D eigenvalue weighted by Crippen LogP contribution is 2.28. The van der Waals surface area contributed by atoms with Gasteiger partial charge in [-0.25, -0.2) is 0 Å². The molecule has 1 aliphatic rings. The number of amides is 1. The zero-order chi connectivity index (χ0) is 13.8. The normalized spacial score (nSPS) is 21.8. The lowest BCUT2D eigenvalue weighted by atomic mass is 9.92. The van der Waals surface area contributed by atoms with E-state index in [2.05, 4.69) is 33.5 Å². The SMILES string of the molecule is COc1cc(NC(=O)[C@H]2CCN[C@@H](C)C2)ccc1Br.Cl. The van der Waals surface area contributed by atoms with E-state index in [0.29, 0.717) is 6.04 Å². The van der Waals surface area contributed by atoms with E-state index < -0.39 is 0 Å². The number of hydrogen-bond acceptors (Lipinski definition) is 3. The molecule has 2 atom stereocenters. The van der Waals surface area contributed by atoms with Gasteiger partial charge >= 0.3 is 0 Å². The number of anilines is 1. The third-order valence-electron chi connectivity index (χ3n) is 3.41. The van der Waals surface area contributed by atoms with Crippen molar-refractivity contribution >= 4 is 39.9 Å². The molecule has 2 rings (SSSR count). The second-order valence-electron chi connectivity index (χ2n) is 4.92. The van der Waals surface area contributed by atoms with Crippen molar-refractivity contribution in [3.05, 3.63) is 22.7 Å². The van der Waals surface area contributed by atoms with Gasteiger partial charge in [0, 0.05) is 23.7 Å². The summed E-state index contributed by atoms with van der Waals surface area (Å²) in [4.78, 5) is 12.2. The Morgan fingerprint density at radius 3 is 2.90 bits per heavy atom. The second kappa shape index (κ2) is 7.86. The van der Waals surface area contributed by atoms with Crippen molar-refractivity contribution < 1.29 is 9.53 Å². The molecular weight excluding hydrogens is 344 g/mol. The number of hydrogen-bond donors (Lipinski definition) is 2. The Hall–Kier alpha value is -0.780. The molecule has 0 aromatic heterocycles. The van der Waals surface area contributed by atoms with Crippen molar-refractivity contribution in [2.24, 2.45) is 5.92 Å². The van der Waals surface area contributed by atoms with Gasteiger partial charge in [0.05, 0.1) is 11.6 Å². The van der Waals surface area contributed by atoms with Crippen molar-refractivity contribution in [1.82, 2.24) is 5.32 Å². The lowest BCUT2D eigenvalue weighted by molar-refractivity contribution is -0.120. The van der Waals surface area contributed by atoms with Crippen LogP contribution in [0.1, 0.15) is 19.8 Å². The molecular formula is C14H20BrClN2O2. The molecule has 4 nitrogen and oxygen atoms in total. The molecule has 112 valence electrons. The maximum Gasteiger partial charge on any atom is 0.227 e. The number of carbonyl (C=O) groups excluding carboxylic acids is 1. The van der Waals surface area contributed by atoms with Gasteiger partial charge in [-0.3, -0.25) is 4.79 Å². The Bertz CT molecular complexity index is 470. The van der Waals surface area contributed by atoms with Gasteiger partial charge in [-0.15, -0.1) is 12.4 Å². The Labute approximate surface area is 134 Å². The molecule has 1 fully saturated rings. The molecule has 0 unspecified atom stereocenters. The lowest BCUT2D eigenvalue weighted by Gasteiger charge is -2.27. The van der Waals surface area contributed by atoms with E-state index in [9.17, 15) is 4.79 Å². The fourth-order valence-electron chi connectivity index (χ4n) is 2.35. The maximum absolute atomic E-state index is 12.2. The summed E-state index contributed by atoms with van der Waals surface area (Å²) in [5.41, 5.74) is 0.774. The summed E-state index contributed by atoms with van der Waals surface area (Å²) in [5, 5.41) is 6.32. The van der Waals surface area contributed by atoms with Crippen LogP contribution >= 0.6 is 28.3 Å². The first-order valence-corrected chi connectivity index (χ1v) is 7.27. The van der Waals surface area contributed by atoms with Crippen LogP contribution in [0, 0.1) is 5.92 Å². The molecule has 1 heterocycles. The Balaban J connectivity index is 0.00000200. The zero-order valence-corrected chi connectivity index (χ0v) is 14.0. The number of halogens is 2. The number of piperidine rings is 1. The molecule has 0 aliphatic carbocycles. The van der Waals surface area contributed by atoms with Crippen molar-refractivity contribution in [3.63, 3.8) is 0 Å². The number of benzene rings is 1. The number of carbonyl (C=O) groups is 1. The van der Waals surface area contributed by atoms with Gasteiger partial charge in [0.1, 0.15) is 5.75 Å². The molecule has 1 aromatic carbocycles. The molecule has 1 saturated heterocycles. The van der Waals surface area contributed by atoms with E-state index >= 15 is 0 Å². The van der Waals surface area contributed by atoms with Gasteiger partial charge < -0.3 is 15.4 Å². The van der Waals surface area contributed by atoms with Crippen molar-refractivity contribution in [2.45, 2.75) is 25.8 Å². The maximum atomic E-state index is 12.2. The summed E-state index contributed by atoms with van der Waals surface area (Å²) < 4.78 is 6.10. The molecule has 0 saturated carbocycles. The van der Waals surface area contributed by atoms with E-state index in [1.165, 1.54) is 0 Å². The van der Waals surface area contributed by atoms with Crippen LogP contribution in [-0.4, -0.2) is 25.6 Å². The Kier molecular flexibility index (Phi) is 6.79. The van der Waals surface area contributed by atoms with Crippen LogP contribution in [0.2, 0.25) is 0 Å². The summed E-state index contributed by atoms with van der Waals surface area (Å²) in [5.74, 6) is 0.903. The second-order valence-corrected chi connectivity index (χ2v) is 5.77. The van der Waals surface area contributed by atoms with Gasteiger partial charge in [-0.1, -0.05) is 0 Å². The summed E-state index contributed by atoms with van der Waals surface area (Å²) in [6.45, 7) is 3.02. The van der Waals surface area contributed by atoms with E-state index in [4.69, 9.17) is 4.74 Å². The van der Waals surface area contributed by atoms with Crippen LogP contribution in [0.3, 0.4) is 0 Å². The molecule has 0 bridgehead atoms. The predicted molar refractivity (Wildman–Crippen MR) is 86.8 cm³/mol. The van der Waals surface area contributed by atoms with Crippen LogP contribution in [0.25, 0.3) is 0 Å². The highest BCUT2D eigenvalue weighted by molar-refractivity contribution is 9.10. The molecule has 0 spiro atoms. The predicted octanol–water partition coefficient (Wildman–Crippen LogP) is 3.21. The molecule has 2 N–H and O–H groups in total.